The zero-order chi connectivity index (χ0) is 27.2. The van der Waals surface area contributed by atoms with Crippen molar-refractivity contribution in [2.45, 2.75) is 25.3 Å². The zero-order valence-electron chi connectivity index (χ0n) is 19.7. The minimum atomic E-state index is -1.75. The number of hydrogen-bond acceptors (Lipinski definition) is 9. The summed E-state index contributed by atoms with van der Waals surface area (Å²) in [5.74, 6) is -3.11. The van der Waals surface area contributed by atoms with Gasteiger partial charge in [0.15, 0.2) is 12.1 Å². The maximum Gasteiger partial charge on any atom is 0.412 e. The topological polar surface area (TPSA) is 183 Å². The molecular weight excluding hydrogens is 492 g/mol. The number of carboxylic acids is 2. The molecular formula is C24H28N2O11. The molecule has 0 unspecified atom stereocenters. The Kier molecular flexibility index (Phi) is 11.8. The minimum absolute atomic E-state index is 0.197. The summed E-state index contributed by atoms with van der Waals surface area (Å²) in [5, 5.41) is 37.8. The van der Waals surface area contributed by atoms with Gasteiger partial charge in [0, 0.05) is 0 Å². The number of aliphatic carboxylic acids is 2. The van der Waals surface area contributed by atoms with E-state index in [4.69, 9.17) is 14.2 Å². The van der Waals surface area contributed by atoms with Crippen molar-refractivity contribution in [3.63, 3.8) is 0 Å². The molecule has 4 N–H and O–H groups in total. The third kappa shape index (κ3) is 9.07. The van der Waals surface area contributed by atoms with Crippen LogP contribution in [0.5, 0.6) is 0 Å². The highest BCUT2D eigenvalue weighted by Gasteiger charge is 2.33. The number of carboxylic acid groups (broad SMARTS) is 2. The second-order valence-corrected chi connectivity index (χ2v) is 7.56. The first-order valence-electron chi connectivity index (χ1n) is 11.0. The predicted molar refractivity (Wildman–Crippen MR) is 125 cm³/mol. The van der Waals surface area contributed by atoms with Gasteiger partial charge < -0.3 is 34.6 Å². The summed E-state index contributed by atoms with van der Waals surface area (Å²) in [6, 6.07) is 13.5. The lowest BCUT2D eigenvalue weighted by Crippen LogP contribution is -2.51. The molecule has 0 radical (unpaired) electrons. The summed E-state index contributed by atoms with van der Waals surface area (Å²) in [5.41, 5.74) is 1.24. The quantitative estimate of drug-likeness (QED) is 0.262. The highest BCUT2D eigenvalue weighted by Crippen LogP contribution is 2.11. The maximum absolute atomic E-state index is 12.6. The lowest BCUT2D eigenvalue weighted by Gasteiger charge is -2.30. The van der Waals surface area contributed by atoms with Gasteiger partial charge in [-0.25, -0.2) is 19.2 Å². The smallest absolute Gasteiger partial charge is 0.412 e. The second kappa shape index (κ2) is 15.0. The number of benzene rings is 2. The summed E-state index contributed by atoms with van der Waals surface area (Å²) >= 11 is 0. The lowest BCUT2D eigenvalue weighted by molar-refractivity contribution is -0.150. The van der Waals surface area contributed by atoms with Crippen LogP contribution in [0.3, 0.4) is 0 Å². The van der Waals surface area contributed by atoms with Crippen molar-refractivity contribution in [2.75, 3.05) is 26.7 Å². The van der Waals surface area contributed by atoms with Crippen molar-refractivity contribution in [3.05, 3.63) is 71.8 Å². The van der Waals surface area contributed by atoms with Gasteiger partial charge in [-0.05, 0) is 11.1 Å². The molecule has 0 fully saturated rings. The third-order valence-electron chi connectivity index (χ3n) is 5.01. The molecule has 0 aromatic heterocycles. The fourth-order valence-corrected chi connectivity index (χ4v) is 3.00. The van der Waals surface area contributed by atoms with Crippen molar-refractivity contribution < 1.29 is 53.8 Å². The summed E-state index contributed by atoms with van der Waals surface area (Å²) in [6.07, 6.45) is -2.28. The molecule has 13 heteroatoms. The number of aliphatic hydroxyl groups excluding tert-OH is 2. The summed E-state index contributed by atoms with van der Waals surface area (Å²) < 4.78 is 15.5. The Hall–Kier alpha value is -4.20. The van der Waals surface area contributed by atoms with Gasteiger partial charge in [0.25, 0.3) is 0 Å². The first kappa shape index (κ1) is 29.0. The second-order valence-electron chi connectivity index (χ2n) is 7.56. The van der Waals surface area contributed by atoms with Crippen molar-refractivity contribution in [1.29, 1.82) is 0 Å². The fraction of sp³-hybridized carbons (Fsp3) is 0.333. The number of aliphatic hydroxyl groups is 2. The summed E-state index contributed by atoms with van der Waals surface area (Å²) in [6.45, 7) is -3.95. The van der Waals surface area contributed by atoms with Crippen LogP contribution in [-0.2, 0) is 37.0 Å². The van der Waals surface area contributed by atoms with E-state index in [9.17, 15) is 39.6 Å². The number of nitrogens with zero attached hydrogens (tertiary/aromatic N) is 2. The zero-order valence-corrected chi connectivity index (χ0v) is 19.7. The Morgan fingerprint density at radius 2 is 1.00 bits per heavy atom. The van der Waals surface area contributed by atoms with E-state index in [0.29, 0.717) is 20.9 Å². The maximum atomic E-state index is 12.6. The molecule has 2 rings (SSSR count). The Morgan fingerprint density at radius 1 is 0.649 bits per heavy atom. The molecule has 2 atom stereocenters. The van der Waals surface area contributed by atoms with Crippen molar-refractivity contribution in [3.8, 4) is 0 Å². The molecule has 0 saturated heterocycles. The molecule has 0 bridgehead atoms. The van der Waals surface area contributed by atoms with Crippen LogP contribution in [0.4, 0.5) is 9.59 Å². The van der Waals surface area contributed by atoms with Gasteiger partial charge in [0.2, 0.25) is 0 Å². The van der Waals surface area contributed by atoms with Crippen molar-refractivity contribution >= 4 is 24.1 Å². The SMILES string of the molecule is O=C(O)[C@H](CO)N(COCN(C(=O)OCc1ccccc1)[C@@H](CO)C(=O)O)C(=O)OCc1ccccc1. The van der Waals surface area contributed by atoms with E-state index in [1.54, 1.807) is 60.7 Å². The Bertz CT molecular complexity index is 938. The van der Waals surface area contributed by atoms with E-state index < -0.39 is 62.9 Å². The molecule has 0 heterocycles. The number of amides is 2. The van der Waals surface area contributed by atoms with E-state index in [2.05, 4.69) is 0 Å². The summed E-state index contributed by atoms with van der Waals surface area (Å²) in [7, 11) is 0. The van der Waals surface area contributed by atoms with Gasteiger partial charge in [-0.2, -0.15) is 0 Å². The number of rotatable bonds is 14. The van der Waals surface area contributed by atoms with E-state index in [0.717, 1.165) is 0 Å². The molecule has 0 aliphatic heterocycles. The molecule has 0 spiro atoms. The van der Waals surface area contributed by atoms with Crippen LogP contribution in [0.15, 0.2) is 60.7 Å². The van der Waals surface area contributed by atoms with Crippen LogP contribution in [0, 0.1) is 0 Å². The molecule has 0 aliphatic carbocycles. The number of carbonyl (C=O) groups excluding carboxylic acids is 2. The lowest BCUT2D eigenvalue weighted by atomic mass is 10.2. The molecule has 13 nitrogen and oxygen atoms in total. The standard InChI is InChI=1S/C24H28N2O11/c27-11-19(21(29)30)25(23(33)36-13-17-7-3-1-4-8-17)15-35-16-26(20(12-28)22(31)32)24(34)37-14-18-9-5-2-6-10-18/h1-10,19-20,27-28H,11-16H2,(H,29,30)(H,31,32)/t19-,20-/m0/s1. The van der Waals surface area contributed by atoms with Crippen molar-refractivity contribution in [2.24, 2.45) is 0 Å². The van der Waals surface area contributed by atoms with Gasteiger partial charge in [0.1, 0.15) is 26.7 Å². The Labute approximate surface area is 212 Å². The summed E-state index contributed by atoms with van der Waals surface area (Å²) in [4.78, 5) is 49.4. The fourth-order valence-electron chi connectivity index (χ4n) is 3.00. The average molecular weight is 520 g/mol. The van der Waals surface area contributed by atoms with Crippen LogP contribution >= 0.6 is 0 Å². The van der Waals surface area contributed by atoms with E-state index in [1.165, 1.54) is 0 Å². The number of ether oxygens (including phenoxy) is 3. The third-order valence-corrected chi connectivity index (χ3v) is 5.01. The monoisotopic (exact) mass is 520 g/mol. The largest absolute Gasteiger partial charge is 0.480 e. The molecule has 37 heavy (non-hydrogen) atoms. The van der Waals surface area contributed by atoms with Gasteiger partial charge in [-0.1, -0.05) is 60.7 Å². The predicted octanol–water partition coefficient (Wildman–Crippen LogP) is 1.09. The van der Waals surface area contributed by atoms with Crippen LogP contribution in [0.2, 0.25) is 0 Å². The van der Waals surface area contributed by atoms with Gasteiger partial charge in [0.05, 0.1) is 13.2 Å². The molecule has 200 valence electrons. The highest BCUT2D eigenvalue weighted by molar-refractivity contribution is 5.80. The molecule has 2 aromatic carbocycles. The van der Waals surface area contributed by atoms with Gasteiger partial charge in [-0.3, -0.25) is 9.80 Å². The van der Waals surface area contributed by atoms with Crippen LogP contribution in [0.25, 0.3) is 0 Å². The van der Waals surface area contributed by atoms with Gasteiger partial charge >= 0.3 is 24.1 Å². The number of carbonyl (C=O) groups is 4. The van der Waals surface area contributed by atoms with E-state index in [-0.39, 0.29) is 13.2 Å². The Balaban J connectivity index is 2.09. The molecule has 0 aliphatic rings. The Morgan fingerprint density at radius 3 is 1.30 bits per heavy atom. The first-order chi connectivity index (χ1) is 17.8. The van der Waals surface area contributed by atoms with Crippen molar-refractivity contribution in [1.82, 2.24) is 9.80 Å². The first-order valence-corrected chi connectivity index (χ1v) is 11.0. The average Bonchev–Trinajstić information content (AvgIpc) is 2.90. The van der Waals surface area contributed by atoms with Crippen LogP contribution in [0.1, 0.15) is 11.1 Å². The van der Waals surface area contributed by atoms with E-state index in [1.807, 2.05) is 0 Å². The highest BCUT2D eigenvalue weighted by atomic mass is 16.6. The molecule has 2 aromatic rings. The molecule has 2 amide bonds. The van der Waals surface area contributed by atoms with Crippen LogP contribution < -0.4 is 0 Å². The van der Waals surface area contributed by atoms with E-state index >= 15 is 0 Å². The minimum Gasteiger partial charge on any atom is -0.480 e. The van der Waals surface area contributed by atoms with Crippen LogP contribution in [-0.4, -0.2) is 93.1 Å². The normalized spacial score (nSPS) is 12.2. The number of hydrogen-bond donors (Lipinski definition) is 4. The molecule has 0 saturated carbocycles. The van der Waals surface area contributed by atoms with Gasteiger partial charge in [-0.15, -0.1) is 0 Å².